The Morgan fingerprint density at radius 1 is 1.19 bits per heavy atom. The zero-order chi connectivity index (χ0) is 15.2. The van der Waals surface area contributed by atoms with Crippen molar-refractivity contribution in [3.05, 3.63) is 64.2 Å². The van der Waals surface area contributed by atoms with E-state index in [9.17, 15) is 15.4 Å². The van der Waals surface area contributed by atoms with E-state index >= 15 is 0 Å². The minimum Gasteiger partial charge on any atom is -0.497 e. The third-order valence-electron chi connectivity index (χ3n) is 2.97. The van der Waals surface area contributed by atoms with Crippen molar-refractivity contribution >= 4 is 11.4 Å². The van der Waals surface area contributed by atoms with Gasteiger partial charge in [0, 0.05) is 17.8 Å². The molecule has 0 saturated heterocycles. The summed E-state index contributed by atoms with van der Waals surface area (Å²) in [6.45, 7) is 0. The first-order valence-electron chi connectivity index (χ1n) is 6.18. The molecular formula is C15H13N3O3. The molecule has 1 unspecified atom stereocenters. The van der Waals surface area contributed by atoms with Crippen LogP contribution < -0.4 is 10.1 Å². The van der Waals surface area contributed by atoms with Gasteiger partial charge in [0.15, 0.2) is 0 Å². The van der Waals surface area contributed by atoms with Gasteiger partial charge in [-0.15, -0.1) is 0 Å². The fourth-order valence-electron chi connectivity index (χ4n) is 1.83. The highest BCUT2D eigenvalue weighted by atomic mass is 16.6. The van der Waals surface area contributed by atoms with Crippen LogP contribution in [0.2, 0.25) is 0 Å². The standard InChI is InChI=1S/C15H13N3O3/c1-21-14-8-4-12(5-9-14)17-15(10-16)11-2-6-13(7-3-11)18(19)20/h2-9,15,17H,1H3. The van der Waals surface area contributed by atoms with Crippen LogP contribution in [0.25, 0.3) is 0 Å². The predicted molar refractivity (Wildman–Crippen MR) is 78.1 cm³/mol. The third kappa shape index (κ3) is 3.48. The first-order chi connectivity index (χ1) is 10.1. The molecule has 0 spiro atoms. The molecule has 0 heterocycles. The van der Waals surface area contributed by atoms with Crippen molar-refractivity contribution in [1.82, 2.24) is 0 Å². The van der Waals surface area contributed by atoms with Gasteiger partial charge in [-0.1, -0.05) is 0 Å². The van der Waals surface area contributed by atoms with E-state index in [1.165, 1.54) is 12.1 Å². The average Bonchev–Trinajstić information content (AvgIpc) is 2.53. The van der Waals surface area contributed by atoms with Crippen LogP contribution in [-0.4, -0.2) is 12.0 Å². The molecule has 2 aromatic rings. The van der Waals surface area contributed by atoms with Crippen molar-refractivity contribution in [2.75, 3.05) is 12.4 Å². The Morgan fingerprint density at radius 2 is 1.81 bits per heavy atom. The van der Waals surface area contributed by atoms with Gasteiger partial charge in [-0.05, 0) is 42.0 Å². The molecular weight excluding hydrogens is 270 g/mol. The molecule has 0 aliphatic heterocycles. The van der Waals surface area contributed by atoms with E-state index in [0.29, 0.717) is 5.56 Å². The van der Waals surface area contributed by atoms with Gasteiger partial charge in [-0.25, -0.2) is 0 Å². The quantitative estimate of drug-likeness (QED) is 0.672. The Labute approximate surface area is 121 Å². The first kappa shape index (κ1) is 14.3. The number of hydrogen-bond donors (Lipinski definition) is 1. The van der Waals surface area contributed by atoms with E-state index in [1.54, 1.807) is 43.5 Å². The van der Waals surface area contributed by atoms with Crippen LogP contribution in [0.3, 0.4) is 0 Å². The van der Waals surface area contributed by atoms with Crippen LogP contribution in [-0.2, 0) is 0 Å². The van der Waals surface area contributed by atoms with Gasteiger partial charge in [0.05, 0.1) is 18.1 Å². The zero-order valence-corrected chi connectivity index (χ0v) is 11.3. The summed E-state index contributed by atoms with van der Waals surface area (Å²) in [6, 6.07) is 14.6. The van der Waals surface area contributed by atoms with Gasteiger partial charge in [0.1, 0.15) is 11.8 Å². The number of nitrogens with zero attached hydrogens (tertiary/aromatic N) is 2. The van der Waals surface area contributed by atoms with Crippen molar-refractivity contribution in [2.24, 2.45) is 0 Å². The molecule has 0 aliphatic carbocycles. The number of methoxy groups -OCH3 is 1. The van der Waals surface area contributed by atoms with Crippen molar-refractivity contribution in [2.45, 2.75) is 6.04 Å². The minimum atomic E-state index is -0.584. The fraction of sp³-hybridized carbons (Fsp3) is 0.133. The van der Waals surface area contributed by atoms with E-state index in [1.807, 2.05) is 0 Å². The highest BCUT2D eigenvalue weighted by molar-refractivity contribution is 5.50. The molecule has 0 radical (unpaired) electrons. The lowest BCUT2D eigenvalue weighted by Gasteiger charge is -2.13. The van der Waals surface area contributed by atoms with E-state index in [4.69, 9.17) is 4.74 Å². The molecule has 0 saturated carbocycles. The maximum Gasteiger partial charge on any atom is 0.269 e. The number of hydrogen-bond acceptors (Lipinski definition) is 5. The number of benzene rings is 2. The highest BCUT2D eigenvalue weighted by Gasteiger charge is 2.12. The van der Waals surface area contributed by atoms with Gasteiger partial charge in [0.25, 0.3) is 5.69 Å². The highest BCUT2D eigenvalue weighted by Crippen LogP contribution is 2.23. The van der Waals surface area contributed by atoms with Crippen LogP contribution in [0.15, 0.2) is 48.5 Å². The molecule has 0 aliphatic rings. The normalized spacial score (nSPS) is 11.2. The lowest BCUT2D eigenvalue weighted by atomic mass is 10.1. The van der Waals surface area contributed by atoms with Crippen molar-refractivity contribution in [1.29, 1.82) is 5.26 Å². The average molecular weight is 283 g/mol. The zero-order valence-electron chi connectivity index (χ0n) is 11.3. The fourth-order valence-corrected chi connectivity index (χ4v) is 1.83. The lowest BCUT2D eigenvalue weighted by Crippen LogP contribution is -2.08. The second kappa shape index (κ2) is 6.39. The number of anilines is 1. The topological polar surface area (TPSA) is 88.2 Å². The Balaban J connectivity index is 2.15. The van der Waals surface area contributed by atoms with Crippen LogP contribution in [0, 0.1) is 21.4 Å². The number of nitrogens with one attached hydrogen (secondary N) is 1. The number of nitriles is 1. The summed E-state index contributed by atoms with van der Waals surface area (Å²) < 4.78 is 5.06. The summed E-state index contributed by atoms with van der Waals surface area (Å²) in [4.78, 5) is 10.1. The van der Waals surface area contributed by atoms with E-state index < -0.39 is 11.0 Å². The van der Waals surface area contributed by atoms with Crippen LogP contribution in [0.5, 0.6) is 5.75 Å². The van der Waals surface area contributed by atoms with Crippen LogP contribution in [0.4, 0.5) is 11.4 Å². The second-order valence-corrected chi connectivity index (χ2v) is 4.28. The number of nitro benzene ring substituents is 1. The number of nitro groups is 1. The van der Waals surface area contributed by atoms with Crippen molar-refractivity contribution < 1.29 is 9.66 Å². The van der Waals surface area contributed by atoms with Gasteiger partial charge < -0.3 is 10.1 Å². The molecule has 6 heteroatoms. The summed E-state index contributed by atoms with van der Waals surface area (Å²) in [7, 11) is 1.58. The first-order valence-corrected chi connectivity index (χ1v) is 6.18. The van der Waals surface area contributed by atoms with Crippen LogP contribution >= 0.6 is 0 Å². The van der Waals surface area contributed by atoms with Crippen LogP contribution in [0.1, 0.15) is 11.6 Å². The van der Waals surface area contributed by atoms with E-state index in [0.717, 1.165) is 11.4 Å². The minimum absolute atomic E-state index is 0.000104. The lowest BCUT2D eigenvalue weighted by molar-refractivity contribution is -0.384. The Hall–Kier alpha value is -3.07. The summed E-state index contributed by atoms with van der Waals surface area (Å²) in [6.07, 6.45) is 0. The Morgan fingerprint density at radius 3 is 2.29 bits per heavy atom. The molecule has 1 N–H and O–H groups in total. The molecule has 0 fully saturated rings. The molecule has 0 aromatic heterocycles. The predicted octanol–water partition coefficient (Wildman–Crippen LogP) is 3.28. The molecule has 0 bridgehead atoms. The number of rotatable bonds is 5. The maximum atomic E-state index is 10.6. The van der Waals surface area contributed by atoms with Gasteiger partial charge >= 0.3 is 0 Å². The monoisotopic (exact) mass is 283 g/mol. The molecule has 106 valence electrons. The molecule has 0 amide bonds. The summed E-state index contributed by atoms with van der Waals surface area (Å²) in [5.41, 5.74) is 1.43. The largest absolute Gasteiger partial charge is 0.497 e. The second-order valence-electron chi connectivity index (χ2n) is 4.28. The number of ether oxygens (including phenoxy) is 1. The summed E-state index contributed by atoms with van der Waals surface area (Å²) >= 11 is 0. The maximum absolute atomic E-state index is 10.6. The smallest absolute Gasteiger partial charge is 0.269 e. The van der Waals surface area contributed by atoms with E-state index in [2.05, 4.69) is 11.4 Å². The Bertz CT molecular complexity index is 660. The summed E-state index contributed by atoms with van der Waals surface area (Å²) in [5, 5.41) is 22.9. The SMILES string of the molecule is COc1ccc(NC(C#N)c2ccc([N+](=O)[O-])cc2)cc1. The van der Waals surface area contributed by atoms with Gasteiger partial charge in [-0.3, -0.25) is 10.1 Å². The van der Waals surface area contributed by atoms with Crippen molar-refractivity contribution in [3.8, 4) is 11.8 Å². The third-order valence-corrected chi connectivity index (χ3v) is 2.97. The Kier molecular flexibility index (Phi) is 4.36. The summed E-state index contributed by atoms with van der Waals surface area (Å²) in [5.74, 6) is 0.726. The molecule has 6 nitrogen and oxygen atoms in total. The van der Waals surface area contributed by atoms with Crippen molar-refractivity contribution in [3.63, 3.8) is 0 Å². The van der Waals surface area contributed by atoms with E-state index in [-0.39, 0.29) is 5.69 Å². The molecule has 21 heavy (non-hydrogen) atoms. The molecule has 2 rings (SSSR count). The van der Waals surface area contributed by atoms with Gasteiger partial charge in [0.2, 0.25) is 0 Å². The molecule has 1 atom stereocenters. The number of non-ortho nitro benzene ring substituents is 1. The molecule has 2 aromatic carbocycles. The van der Waals surface area contributed by atoms with Gasteiger partial charge in [-0.2, -0.15) is 5.26 Å².